The molecule has 1 unspecified atom stereocenters. The molecule has 7 heteroatoms. The molecule has 1 fully saturated rings. The van der Waals surface area contributed by atoms with Crippen molar-refractivity contribution in [2.24, 2.45) is 0 Å². The van der Waals surface area contributed by atoms with Crippen LogP contribution in [-0.4, -0.2) is 36.6 Å². The molecule has 2 aromatic rings. The Kier molecular flexibility index (Phi) is 5.13. The van der Waals surface area contributed by atoms with E-state index >= 15 is 0 Å². The van der Waals surface area contributed by atoms with E-state index in [-0.39, 0.29) is 24.4 Å². The molecule has 0 bridgehead atoms. The fourth-order valence-electron chi connectivity index (χ4n) is 2.75. The van der Waals surface area contributed by atoms with Crippen LogP contribution in [0.2, 0.25) is 0 Å². The lowest BCUT2D eigenvalue weighted by Crippen LogP contribution is -2.43. The Hall–Kier alpha value is -3.09. The Bertz CT molecular complexity index is 751. The third kappa shape index (κ3) is 4.26. The minimum absolute atomic E-state index is 0.0224. The number of hydrogen-bond acceptors (Lipinski definition) is 4. The van der Waals surface area contributed by atoms with Crippen LogP contribution in [0.15, 0.2) is 48.8 Å². The maximum Gasteiger partial charge on any atom is 0.315 e. The SMILES string of the molecule is COc1cccc(N2CC(NC(=O)NCc3cccnc3)CC2=O)c1. The number of anilines is 1. The van der Waals surface area contributed by atoms with E-state index in [4.69, 9.17) is 4.74 Å². The lowest BCUT2D eigenvalue weighted by atomic mass is 10.2. The van der Waals surface area contributed by atoms with Crippen LogP contribution in [0.3, 0.4) is 0 Å². The van der Waals surface area contributed by atoms with Crippen LogP contribution in [0.25, 0.3) is 0 Å². The molecule has 2 N–H and O–H groups in total. The first-order valence-corrected chi connectivity index (χ1v) is 8.03. The summed E-state index contributed by atoms with van der Waals surface area (Å²) in [7, 11) is 1.59. The number of methoxy groups -OCH3 is 1. The molecule has 7 nitrogen and oxygen atoms in total. The minimum atomic E-state index is -0.297. The molecular weight excluding hydrogens is 320 g/mol. The van der Waals surface area contributed by atoms with Gasteiger partial charge in [-0.1, -0.05) is 12.1 Å². The smallest absolute Gasteiger partial charge is 0.315 e. The molecular formula is C18H20N4O3. The van der Waals surface area contributed by atoms with Gasteiger partial charge in [0.15, 0.2) is 0 Å². The number of amides is 3. The molecule has 1 aromatic heterocycles. The predicted octanol–water partition coefficient (Wildman–Crippen LogP) is 1.69. The molecule has 130 valence electrons. The van der Waals surface area contributed by atoms with Gasteiger partial charge in [0.25, 0.3) is 0 Å². The van der Waals surface area contributed by atoms with Crippen LogP contribution in [0.4, 0.5) is 10.5 Å². The molecule has 0 aliphatic carbocycles. The molecule has 1 aliphatic rings. The summed E-state index contributed by atoms with van der Waals surface area (Å²) in [6, 6.07) is 10.5. The summed E-state index contributed by atoms with van der Waals surface area (Å²) < 4.78 is 5.19. The second kappa shape index (κ2) is 7.65. The van der Waals surface area contributed by atoms with Crippen molar-refractivity contribution >= 4 is 17.6 Å². The Labute approximate surface area is 146 Å². The maximum atomic E-state index is 12.3. The molecule has 0 radical (unpaired) electrons. The van der Waals surface area contributed by atoms with Gasteiger partial charge < -0.3 is 20.3 Å². The van der Waals surface area contributed by atoms with Crippen LogP contribution in [0.5, 0.6) is 5.75 Å². The van der Waals surface area contributed by atoms with Gasteiger partial charge in [0.1, 0.15) is 5.75 Å². The predicted molar refractivity (Wildman–Crippen MR) is 93.4 cm³/mol. The van der Waals surface area contributed by atoms with Crippen molar-refractivity contribution in [1.29, 1.82) is 0 Å². The minimum Gasteiger partial charge on any atom is -0.497 e. The second-order valence-electron chi connectivity index (χ2n) is 5.80. The molecule has 3 amide bonds. The lowest BCUT2D eigenvalue weighted by Gasteiger charge is -2.18. The Morgan fingerprint density at radius 2 is 2.24 bits per heavy atom. The zero-order valence-electron chi connectivity index (χ0n) is 13.9. The van der Waals surface area contributed by atoms with E-state index in [1.807, 2.05) is 36.4 Å². The molecule has 3 rings (SSSR count). The van der Waals surface area contributed by atoms with Crippen molar-refractivity contribution in [1.82, 2.24) is 15.6 Å². The zero-order chi connectivity index (χ0) is 17.6. The summed E-state index contributed by atoms with van der Waals surface area (Å²) in [4.78, 5) is 29.9. The highest BCUT2D eigenvalue weighted by Gasteiger charge is 2.31. The largest absolute Gasteiger partial charge is 0.497 e. The van der Waals surface area contributed by atoms with E-state index in [1.54, 1.807) is 24.4 Å². The van der Waals surface area contributed by atoms with Gasteiger partial charge in [-0.15, -0.1) is 0 Å². The quantitative estimate of drug-likeness (QED) is 0.868. The highest BCUT2D eigenvalue weighted by molar-refractivity contribution is 5.97. The first kappa shape index (κ1) is 16.8. The maximum absolute atomic E-state index is 12.3. The van der Waals surface area contributed by atoms with Gasteiger partial charge >= 0.3 is 6.03 Å². The van der Waals surface area contributed by atoms with E-state index in [0.29, 0.717) is 18.8 Å². The normalized spacial score (nSPS) is 16.6. The number of nitrogens with one attached hydrogen (secondary N) is 2. The van der Waals surface area contributed by atoms with Gasteiger partial charge in [-0.05, 0) is 23.8 Å². The third-order valence-corrected chi connectivity index (χ3v) is 4.00. The number of carbonyl (C=O) groups is 2. The monoisotopic (exact) mass is 340 g/mol. The third-order valence-electron chi connectivity index (χ3n) is 4.00. The van der Waals surface area contributed by atoms with Crippen molar-refractivity contribution in [2.45, 2.75) is 19.0 Å². The van der Waals surface area contributed by atoms with Crippen LogP contribution in [0, 0.1) is 0 Å². The van der Waals surface area contributed by atoms with Crippen LogP contribution in [0.1, 0.15) is 12.0 Å². The van der Waals surface area contributed by atoms with Gasteiger partial charge in [0.2, 0.25) is 5.91 Å². The number of aromatic nitrogens is 1. The van der Waals surface area contributed by atoms with Crippen LogP contribution in [-0.2, 0) is 11.3 Å². The molecule has 2 heterocycles. The number of carbonyl (C=O) groups excluding carboxylic acids is 2. The van der Waals surface area contributed by atoms with Gasteiger partial charge in [-0.25, -0.2) is 4.79 Å². The highest BCUT2D eigenvalue weighted by atomic mass is 16.5. The number of rotatable bonds is 5. The van der Waals surface area contributed by atoms with Gasteiger partial charge in [0, 0.05) is 43.7 Å². The molecule has 1 saturated heterocycles. The molecule has 1 aliphatic heterocycles. The number of ether oxygens (including phenoxy) is 1. The van der Waals surface area contributed by atoms with Gasteiger partial charge in [0.05, 0.1) is 13.2 Å². The van der Waals surface area contributed by atoms with Gasteiger partial charge in [-0.2, -0.15) is 0 Å². The summed E-state index contributed by atoms with van der Waals surface area (Å²) in [6.45, 7) is 0.826. The topological polar surface area (TPSA) is 83.6 Å². The Morgan fingerprint density at radius 3 is 3.00 bits per heavy atom. The van der Waals surface area contributed by atoms with Crippen molar-refractivity contribution < 1.29 is 14.3 Å². The fourth-order valence-corrected chi connectivity index (χ4v) is 2.75. The number of pyridine rings is 1. The number of hydrogen-bond donors (Lipinski definition) is 2. The lowest BCUT2D eigenvalue weighted by molar-refractivity contribution is -0.117. The van der Waals surface area contributed by atoms with Crippen LogP contribution < -0.4 is 20.3 Å². The standard InChI is InChI=1S/C18H20N4O3/c1-25-16-6-2-5-15(9-16)22-12-14(8-17(22)23)21-18(24)20-11-13-4-3-7-19-10-13/h2-7,9-10,14H,8,11-12H2,1H3,(H2,20,21,24). The summed E-state index contributed by atoms with van der Waals surface area (Å²) >= 11 is 0. The summed E-state index contributed by atoms with van der Waals surface area (Å²) in [5, 5.41) is 5.62. The van der Waals surface area contributed by atoms with Crippen molar-refractivity contribution in [2.75, 3.05) is 18.6 Å². The Morgan fingerprint density at radius 1 is 1.36 bits per heavy atom. The van der Waals surface area contributed by atoms with E-state index in [2.05, 4.69) is 15.6 Å². The van der Waals surface area contributed by atoms with Crippen molar-refractivity contribution in [3.8, 4) is 5.75 Å². The zero-order valence-corrected chi connectivity index (χ0v) is 13.9. The molecule has 1 aromatic carbocycles. The van der Waals surface area contributed by atoms with E-state index < -0.39 is 0 Å². The van der Waals surface area contributed by atoms with E-state index in [9.17, 15) is 9.59 Å². The summed E-state index contributed by atoms with van der Waals surface area (Å²) in [5.74, 6) is 0.668. The van der Waals surface area contributed by atoms with Crippen molar-refractivity contribution in [3.63, 3.8) is 0 Å². The molecule has 25 heavy (non-hydrogen) atoms. The van der Waals surface area contributed by atoms with E-state index in [1.165, 1.54) is 0 Å². The molecule has 0 spiro atoms. The molecule has 1 atom stereocenters. The summed E-state index contributed by atoms with van der Waals surface area (Å²) in [5.41, 5.74) is 1.68. The van der Waals surface area contributed by atoms with E-state index in [0.717, 1.165) is 11.3 Å². The highest BCUT2D eigenvalue weighted by Crippen LogP contribution is 2.25. The number of urea groups is 1. The molecule has 0 saturated carbocycles. The first-order chi connectivity index (χ1) is 12.2. The number of nitrogens with zero attached hydrogens (tertiary/aromatic N) is 2. The van der Waals surface area contributed by atoms with Crippen molar-refractivity contribution in [3.05, 3.63) is 54.4 Å². The average molecular weight is 340 g/mol. The fraction of sp³-hybridized carbons (Fsp3) is 0.278. The first-order valence-electron chi connectivity index (χ1n) is 8.03. The van der Waals surface area contributed by atoms with Crippen LogP contribution >= 0.6 is 0 Å². The van der Waals surface area contributed by atoms with Gasteiger partial charge in [-0.3, -0.25) is 9.78 Å². The second-order valence-corrected chi connectivity index (χ2v) is 5.80. The Balaban J connectivity index is 1.54. The number of benzene rings is 1. The summed E-state index contributed by atoms with van der Waals surface area (Å²) in [6.07, 6.45) is 3.66. The average Bonchev–Trinajstić information content (AvgIpc) is 3.01.